The summed E-state index contributed by atoms with van der Waals surface area (Å²) >= 11 is 0. The molecule has 0 radical (unpaired) electrons. The van der Waals surface area contributed by atoms with Gasteiger partial charge in [-0.05, 0) is 36.8 Å². The van der Waals surface area contributed by atoms with Crippen LogP contribution in [0.25, 0.3) is 0 Å². The molecule has 0 heterocycles. The number of nitrogens with two attached hydrogens (primary N) is 1. The maximum absolute atomic E-state index is 12.6. The Bertz CT molecular complexity index is 752. The Labute approximate surface area is 159 Å². The minimum absolute atomic E-state index is 0. The summed E-state index contributed by atoms with van der Waals surface area (Å²) in [5, 5.41) is 5.54. The first-order valence-corrected chi connectivity index (χ1v) is 8.09. The second-order valence-electron chi connectivity index (χ2n) is 5.58. The predicted octanol–water partition coefficient (Wildman–Crippen LogP) is 2.55. The van der Waals surface area contributed by atoms with E-state index >= 15 is 0 Å². The summed E-state index contributed by atoms with van der Waals surface area (Å²) in [5.74, 6) is -0.170. The second-order valence-corrected chi connectivity index (χ2v) is 5.58. The topological polar surface area (TPSA) is 93.4 Å². The van der Waals surface area contributed by atoms with Crippen LogP contribution in [0.5, 0.6) is 5.75 Å². The molecule has 140 valence electrons. The summed E-state index contributed by atoms with van der Waals surface area (Å²) in [7, 11) is 1.58. The smallest absolute Gasteiger partial charge is 0.253 e. The van der Waals surface area contributed by atoms with Gasteiger partial charge in [-0.2, -0.15) is 0 Å². The number of nitrogens with one attached hydrogen (secondary N) is 2. The first-order valence-electron chi connectivity index (χ1n) is 8.09. The standard InChI is InChI=1S/C19H23N3O3.ClH/c1-13(14-6-5-7-15(12-14)25-2)18(23)22-17-9-4-3-8-16(17)19(24)21-11-10-20;/h3-9,12-13H,10-11,20H2,1-2H3,(H,21,24)(H,22,23);1H. The highest BCUT2D eigenvalue weighted by molar-refractivity contribution is 6.05. The van der Waals surface area contributed by atoms with Gasteiger partial charge in [-0.3, -0.25) is 9.59 Å². The molecule has 2 aromatic carbocycles. The van der Waals surface area contributed by atoms with Crippen molar-refractivity contribution in [1.29, 1.82) is 0 Å². The average Bonchev–Trinajstić information content (AvgIpc) is 2.65. The molecule has 0 saturated heterocycles. The van der Waals surface area contributed by atoms with Crippen molar-refractivity contribution in [3.8, 4) is 5.75 Å². The molecule has 6 nitrogen and oxygen atoms in total. The summed E-state index contributed by atoms with van der Waals surface area (Å²) in [5.41, 5.74) is 7.12. The van der Waals surface area contributed by atoms with Gasteiger partial charge in [-0.1, -0.05) is 24.3 Å². The molecule has 2 amide bonds. The van der Waals surface area contributed by atoms with Gasteiger partial charge in [0.15, 0.2) is 0 Å². The van der Waals surface area contributed by atoms with Crippen molar-refractivity contribution in [2.75, 3.05) is 25.5 Å². The third kappa shape index (κ3) is 5.47. The fourth-order valence-corrected chi connectivity index (χ4v) is 2.37. The number of anilines is 1. The summed E-state index contributed by atoms with van der Waals surface area (Å²) < 4.78 is 5.20. The molecule has 0 aromatic heterocycles. The lowest BCUT2D eigenvalue weighted by Gasteiger charge is -2.15. The highest BCUT2D eigenvalue weighted by atomic mass is 35.5. The van der Waals surface area contributed by atoms with Crippen molar-refractivity contribution in [2.24, 2.45) is 5.73 Å². The van der Waals surface area contributed by atoms with Gasteiger partial charge in [0.2, 0.25) is 5.91 Å². The van der Waals surface area contributed by atoms with Crippen LogP contribution >= 0.6 is 12.4 Å². The van der Waals surface area contributed by atoms with Crippen LogP contribution in [-0.4, -0.2) is 32.0 Å². The highest BCUT2D eigenvalue weighted by Crippen LogP contribution is 2.23. The molecule has 0 aliphatic heterocycles. The maximum Gasteiger partial charge on any atom is 0.253 e. The molecular weight excluding hydrogens is 354 g/mol. The third-order valence-corrected chi connectivity index (χ3v) is 3.85. The number of amides is 2. The molecule has 0 aliphatic rings. The SMILES string of the molecule is COc1cccc(C(C)C(=O)Nc2ccccc2C(=O)NCCN)c1.Cl. The Balaban J connectivity index is 0.00000338. The van der Waals surface area contributed by atoms with Crippen molar-refractivity contribution < 1.29 is 14.3 Å². The summed E-state index contributed by atoms with van der Waals surface area (Å²) in [6, 6.07) is 14.2. The van der Waals surface area contributed by atoms with Crippen LogP contribution < -0.4 is 21.1 Å². The third-order valence-electron chi connectivity index (χ3n) is 3.85. The molecule has 0 aliphatic carbocycles. The highest BCUT2D eigenvalue weighted by Gasteiger charge is 2.18. The van der Waals surface area contributed by atoms with Crippen LogP contribution in [-0.2, 0) is 4.79 Å². The molecule has 26 heavy (non-hydrogen) atoms. The van der Waals surface area contributed by atoms with Gasteiger partial charge in [0.05, 0.1) is 24.3 Å². The van der Waals surface area contributed by atoms with E-state index in [-0.39, 0.29) is 24.2 Å². The number of hydrogen-bond acceptors (Lipinski definition) is 4. The molecule has 4 N–H and O–H groups in total. The van der Waals surface area contributed by atoms with Gasteiger partial charge in [0.25, 0.3) is 5.91 Å². The fraction of sp³-hybridized carbons (Fsp3) is 0.263. The zero-order valence-electron chi connectivity index (χ0n) is 14.8. The van der Waals surface area contributed by atoms with E-state index in [0.717, 1.165) is 5.56 Å². The van der Waals surface area contributed by atoms with E-state index in [0.29, 0.717) is 30.1 Å². The Morgan fingerprint density at radius 2 is 1.88 bits per heavy atom. The minimum atomic E-state index is -0.393. The van der Waals surface area contributed by atoms with Crippen LogP contribution in [0, 0.1) is 0 Å². The van der Waals surface area contributed by atoms with Crippen molar-refractivity contribution in [2.45, 2.75) is 12.8 Å². The van der Waals surface area contributed by atoms with Crippen molar-refractivity contribution in [3.63, 3.8) is 0 Å². The van der Waals surface area contributed by atoms with Gasteiger partial charge in [-0.25, -0.2) is 0 Å². The van der Waals surface area contributed by atoms with Crippen LogP contribution in [0.1, 0.15) is 28.8 Å². The summed E-state index contributed by atoms with van der Waals surface area (Å²) in [6.45, 7) is 2.54. The van der Waals surface area contributed by atoms with E-state index in [1.54, 1.807) is 38.3 Å². The largest absolute Gasteiger partial charge is 0.497 e. The molecule has 0 fully saturated rings. The normalized spacial score (nSPS) is 11.0. The Hall–Kier alpha value is -2.57. The zero-order valence-corrected chi connectivity index (χ0v) is 15.6. The summed E-state index contributed by atoms with van der Waals surface area (Å²) in [6.07, 6.45) is 0. The monoisotopic (exact) mass is 377 g/mol. The number of carbonyl (C=O) groups is 2. The van der Waals surface area contributed by atoms with E-state index in [1.165, 1.54) is 0 Å². The van der Waals surface area contributed by atoms with Crippen molar-refractivity contribution >= 4 is 29.9 Å². The number of rotatable bonds is 7. The minimum Gasteiger partial charge on any atom is -0.497 e. The molecule has 0 saturated carbocycles. The molecular formula is C19H24ClN3O3. The van der Waals surface area contributed by atoms with E-state index < -0.39 is 5.92 Å². The molecule has 0 spiro atoms. The number of para-hydroxylation sites is 1. The van der Waals surface area contributed by atoms with E-state index in [4.69, 9.17) is 10.5 Å². The van der Waals surface area contributed by atoms with Crippen LogP contribution in [0.2, 0.25) is 0 Å². The van der Waals surface area contributed by atoms with Gasteiger partial charge < -0.3 is 21.1 Å². The lowest BCUT2D eigenvalue weighted by molar-refractivity contribution is -0.117. The lowest BCUT2D eigenvalue weighted by atomic mass is 9.99. The maximum atomic E-state index is 12.6. The fourth-order valence-electron chi connectivity index (χ4n) is 2.37. The number of hydrogen-bond donors (Lipinski definition) is 3. The molecule has 1 atom stereocenters. The van der Waals surface area contributed by atoms with Gasteiger partial charge in [0, 0.05) is 13.1 Å². The molecule has 0 bridgehead atoms. The van der Waals surface area contributed by atoms with Gasteiger partial charge in [0.1, 0.15) is 5.75 Å². The van der Waals surface area contributed by atoms with Crippen LogP contribution in [0.4, 0.5) is 5.69 Å². The molecule has 1 unspecified atom stereocenters. The van der Waals surface area contributed by atoms with Crippen LogP contribution in [0.3, 0.4) is 0 Å². The average molecular weight is 378 g/mol. The van der Waals surface area contributed by atoms with Crippen molar-refractivity contribution in [1.82, 2.24) is 5.32 Å². The quantitative estimate of drug-likeness (QED) is 0.691. The second kappa shape index (κ2) is 10.4. The number of benzene rings is 2. The number of methoxy groups -OCH3 is 1. The first kappa shape index (κ1) is 21.5. The van der Waals surface area contributed by atoms with Crippen LogP contribution in [0.15, 0.2) is 48.5 Å². The molecule has 2 rings (SSSR count). The zero-order chi connectivity index (χ0) is 18.2. The number of halogens is 1. The Morgan fingerprint density at radius 3 is 2.58 bits per heavy atom. The van der Waals surface area contributed by atoms with Gasteiger partial charge in [-0.15, -0.1) is 12.4 Å². The van der Waals surface area contributed by atoms with Crippen molar-refractivity contribution in [3.05, 3.63) is 59.7 Å². The predicted molar refractivity (Wildman–Crippen MR) is 105 cm³/mol. The van der Waals surface area contributed by atoms with E-state index in [9.17, 15) is 9.59 Å². The van der Waals surface area contributed by atoms with Gasteiger partial charge >= 0.3 is 0 Å². The van der Waals surface area contributed by atoms with E-state index in [2.05, 4.69) is 10.6 Å². The first-order chi connectivity index (χ1) is 12.1. The van der Waals surface area contributed by atoms with E-state index in [1.807, 2.05) is 24.3 Å². The molecule has 7 heteroatoms. The molecule has 2 aromatic rings. The summed E-state index contributed by atoms with van der Waals surface area (Å²) in [4.78, 5) is 24.8. The lowest BCUT2D eigenvalue weighted by Crippen LogP contribution is -2.30. The Morgan fingerprint density at radius 1 is 1.15 bits per heavy atom. The number of carbonyl (C=O) groups excluding carboxylic acids is 2. The number of ether oxygens (including phenoxy) is 1. The Kier molecular flexibility index (Phi) is 8.61.